The average Bonchev–Trinajstić information content (AvgIpc) is 2.59. The van der Waals surface area contributed by atoms with Crippen LogP contribution in [-0.4, -0.2) is 13.0 Å². The minimum absolute atomic E-state index is 0.128. The molecule has 0 atom stereocenters. The largest absolute Gasteiger partial charge is 0.495 e. The van der Waals surface area contributed by atoms with Crippen molar-refractivity contribution in [2.45, 2.75) is 32.7 Å². The number of carbonyl (C=O) groups excluding carboxylic acids is 1. The average molecular weight is 337 g/mol. The van der Waals surface area contributed by atoms with Crippen LogP contribution in [0.2, 0.25) is 0 Å². The zero-order chi connectivity index (χ0) is 18.4. The van der Waals surface area contributed by atoms with E-state index < -0.39 is 5.41 Å². The van der Waals surface area contributed by atoms with E-state index in [9.17, 15) is 10.1 Å². The molecule has 0 saturated carbocycles. The molecule has 0 aromatic heterocycles. The summed E-state index contributed by atoms with van der Waals surface area (Å²) >= 11 is 0. The van der Waals surface area contributed by atoms with Gasteiger partial charge in [0, 0.05) is 19.2 Å². The summed E-state index contributed by atoms with van der Waals surface area (Å²) in [5.74, 6) is 0.559. The van der Waals surface area contributed by atoms with Gasteiger partial charge in [-0.2, -0.15) is 5.26 Å². The molecule has 0 aliphatic rings. The number of nitrogens with one attached hydrogen (secondary N) is 2. The standard InChI is InChI=1S/C20H23N3O2/c1-14(24)23-16-9-10-19(25-4)18(11-16)22-12-15-7-5-6-8-17(15)20(2,3)13-21/h5-11,22H,12H2,1-4H3,(H,23,24). The van der Waals surface area contributed by atoms with Gasteiger partial charge in [-0.3, -0.25) is 4.79 Å². The first kappa shape index (κ1) is 18.3. The van der Waals surface area contributed by atoms with Crippen molar-refractivity contribution in [3.8, 4) is 11.8 Å². The van der Waals surface area contributed by atoms with Crippen LogP contribution in [0.15, 0.2) is 42.5 Å². The van der Waals surface area contributed by atoms with Gasteiger partial charge in [0.1, 0.15) is 5.75 Å². The van der Waals surface area contributed by atoms with Crippen LogP contribution < -0.4 is 15.4 Å². The lowest BCUT2D eigenvalue weighted by Crippen LogP contribution is -2.18. The SMILES string of the molecule is COc1ccc(NC(C)=O)cc1NCc1ccccc1C(C)(C)C#N. The van der Waals surface area contributed by atoms with E-state index in [0.717, 1.165) is 16.8 Å². The number of methoxy groups -OCH3 is 1. The molecule has 0 unspecified atom stereocenters. The van der Waals surface area contributed by atoms with Crippen molar-refractivity contribution in [1.29, 1.82) is 5.26 Å². The van der Waals surface area contributed by atoms with Crippen molar-refractivity contribution >= 4 is 17.3 Å². The lowest BCUT2D eigenvalue weighted by atomic mass is 9.83. The third-order valence-corrected chi connectivity index (χ3v) is 3.96. The number of hydrogen-bond acceptors (Lipinski definition) is 4. The van der Waals surface area contributed by atoms with E-state index in [2.05, 4.69) is 16.7 Å². The molecule has 0 aliphatic heterocycles. The summed E-state index contributed by atoms with van der Waals surface area (Å²) in [6.45, 7) is 5.83. The highest BCUT2D eigenvalue weighted by Gasteiger charge is 2.22. The number of anilines is 2. The zero-order valence-electron chi connectivity index (χ0n) is 15.0. The predicted octanol–water partition coefficient (Wildman–Crippen LogP) is 4.07. The van der Waals surface area contributed by atoms with Crippen LogP contribution in [0.25, 0.3) is 0 Å². The first-order valence-corrected chi connectivity index (χ1v) is 8.06. The second-order valence-electron chi connectivity index (χ2n) is 6.34. The van der Waals surface area contributed by atoms with Crippen LogP contribution in [0, 0.1) is 11.3 Å². The van der Waals surface area contributed by atoms with Crippen molar-refractivity contribution in [3.05, 3.63) is 53.6 Å². The quantitative estimate of drug-likeness (QED) is 0.833. The molecule has 1 amide bonds. The minimum atomic E-state index is -0.569. The lowest BCUT2D eigenvalue weighted by Gasteiger charge is -2.21. The molecule has 25 heavy (non-hydrogen) atoms. The Labute approximate surface area is 148 Å². The monoisotopic (exact) mass is 337 g/mol. The van der Waals surface area contributed by atoms with E-state index in [-0.39, 0.29) is 5.91 Å². The van der Waals surface area contributed by atoms with Crippen molar-refractivity contribution < 1.29 is 9.53 Å². The van der Waals surface area contributed by atoms with Crippen LogP contribution >= 0.6 is 0 Å². The highest BCUT2D eigenvalue weighted by molar-refractivity contribution is 5.89. The van der Waals surface area contributed by atoms with Crippen molar-refractivity contribution in [1.82, 2.24) is 0 Å². The molecule has 0 aliphatic carbocycles. The second-order valence-corrected chi connectivity index (χ2v) is 6.34. The maximum absolute atomic E-state index is 11.3. The molecular weight excluding hydrogens is 314 g/mol. The Morgan fingerprint density at radius 3 is 2.60 bits per heavy atom. The number of amides is 1. The second kappa shape index (κ2) is 7.71. The van der Waals surface area contributed by atoms with Crippen LogP contribution in [-0.2, 0) is 16.8 Å². The number of benzene rings is 2. The Bertz CT molecular complexity index is 807. The summed E-state index contributed by atoms with van der Waals surface area (Å²) in [6, 6.07) is 15.7. The predicted molar refractivity (Wildman–Crippen MR) is 99.7 cm³/mol. The van der Waals surface area contributed by atoms with E-state index in [1.54, 1.807) is 19.2 Å². The third-order valence-electron chi connectivity index (χ3n) is 3.96. The molecule has 2 rings (SSSR count). The summed E-state index contributed by atoms with van der Waals surface area (Å²) < 4.78 is 5.38. The van der Waals surface area contributed by atoms with Crippen LogP contribution in [0.3, 0.4) is 0 Å². The molecule has 2 N–H and O–H groups in total. The molecule has 5 nitrogen and oxygen atoms in total. The highest BCUT2D eigenvalue weighted by atomic mass is 16.5. The van der Waals surface area contributed by atoms with Gasteiger partial charge < -0.3 is 15.4 Å². The molecule has 2 aromatic carbocycles. The maximum atomic E-state index is 11.3. The van der Waals surface area contributed by atoms with E-state index in [1.807, 2.05) is 44.2 Å². The number of ether oxygens (including phenoxy) is 1. The van der Waals surface area contributed by atoms with Crippen LogP contribution in [0.4, 0.5) is 11.4 Å². The summed E-state index contributed by atoms with van der Waals surface area (Å²) in [5.41, 5.74) is 2.93. The summed E-state index contributed by atoms with van der Waals surface area (Å²) in [5, 5.41) is 15.5. The molecule has 0 heterocycles. The Morgan fingerprint density at radius 2 is 1.96 bits per heavy atom. The molecule has 0 radical (unpaired) electrons. The van der Waals surface area contributed by atoms with Gasteiger partial charge in [0.2, 0.25) is 5.91 Å². The molecule has 5 heteroatoms. The first-order valence-electron chi connectivity index (χ1n) is 8.06. The highest BCUT2D eigenvalue weighted by Crippen LogP contribution is 2.30. The fourth-order valence-corrected chi connectivity index (χ4v) is 2.66. The van der Waals surface area contributed by atoms with Gasteiger partial charge in [0.05, 0.1) is 24.3 Å². The van der Waals surface area contributed by atoms with Gasteiger partial charge in [-0.25, -0.2) is 0 Å². The fraction of sp³-hybridized carbons (Fsp3) is 0.300. The Morgan fingerprint density at radius 1 is 1.24 bits per heavy atom. The number of nitriles is 1. The lowest BCUT2D eigenvalue weighted by molar-refractivity contribution is -0.114. The van der Waals surface area contributed by atoms with Gasteiger partial charge in [-0.1, -0.05) is 24.3 Å². The summed E-state index contributed by atoms with van der Waals surface area (Å²) in [7, 11) is 1.60. The Hall–Kier alpha value is -3.00. The van der Waals surface area contributed by atoms with Crippen molar-refractivity contribution in [2.24, 2.45) is 0 Å². The first-order chi connectivity index (χ1) is 11.9. The number of carbonyl (C=O) groups is 1. The molecule has 2 aromatic rings. The Kier molecular flexibility index (Phi) is 5.66. The molecule has 130 valence electrons. The van der Waals surface area contributed by atoms with Crippen LogP contribution in [0.5, 0.6) is 5.75 Å². The topological polar surface area (TPSA) is 74.2 Å². The number of rotatable bonds is 6. The van der Waals surface area contributed by atoms with Crippen molar-refractivity contribution in [2.75, 3.05) is 17.7 Å². The minimum Gasteiger partial charge on any atom is -0.495 e. The zero-order valence-corrected chi connectivity index (χ0v) is 15.0. The van der Waals surface area contributed by atoms with E-state index in [0.29, 0.717) is 18.0 Å². The van der Waals surface area contributed by atoms with Gasteiger partial charge in [0.25, 0.3) is 0 Å². The van der Waals surface area contributed by atoms with Crippen molar-refractivity contribution in [3.63, 3.8) is 0 Å². The van der Waals surface area contributed by atoms with E-state index in [4.69, 9.17) is 4.74 Å². The number of hydrogen-bond donors (Lipinski definition) is 2. The number of nitrogens with zero attached hydrogens (tertiary/aromatic N) is 1. The smallest absolute Gasteiger partial charge is 0.221 e. The normalized spacial score (nSPS) is 10.7. The van der Waals surface area contributed by atoms with E-state index >= 15 is 0 Å². The molecule has 0 saturated heterocycles. The summed E-state index contributed by atoms with van der Waals surface area (Å²) in [4.78, 5) is 11.3. The van der Waals surface area contributed by atoms with Gasteiger partial charge >= 0.3 is 0 Å². The van der Waals surface area contributed by atoms with Crippen LogP contribution in [0.1, 0.15) is 31.9 Å². The molecular formula is C20H23N3O2. The molecule has 0 bridgehead atoms. The van der Waals surface area contributed by atoms with Gasteiger partial charge in [-0.05, 0) is 43.2 Å². The third kappa shape index (κ3) is 4.51. The summed E-state index contributed by atoms with van der Waals surface area (Å²) in [6.07, 6.45) is 0. The van der Waals surface area contributed by atoms with Gasteiger partial charge in [-0.15, -0.1) is 0 Å². The Balaban J connectivity index is 2.27. The molecule has 0 spiro atoms. The molecule has 0 fully saturated rings. The fourth-order valence-electron chi connectivity index (χ4n) is 2.66. The van der Waals surface area contributed by atoms with Gasteiger partial charge in [0.15, 0.2) is 0 Å². The van der Waals surface area contributed by atoms with E-state index in [1.165, 1.54) is 6.92 Å². The maximum Gasteiger partial charge on any atom is 0.221 e.